The number of primary amides is 1. The molecule has 0 saturated heterocycles. The monoisotopic (exact) mass is 281 g/mol. The first-order chi connectivity index (χ1) is 10.2. The number of hydrogen-bond acceptors (Lipinski definition) is 3. The van der Waals surface area contributed by atoms with Crippen LogP contribution in [0.15, 0.2) is 36.7 Å². The summed E-state index contributed by atoms with van der Waals surface area (Å²) in [6.07, 6.45) is 6.78. The standard InChI is InChI=1S/C15H10FN4O/c16-12-5-1-4-11-13(19-20(14(11)12)15(17)21)7-6-10-3-2-8-18-9-10/h2-9H,(H2,17,21). The minimum absolute atomic E-state index is 0.0482. The van der Waals surface area contributed by atoms with Gasteiger partial charge in [-0.2, -0.15) is 9.78 Å². The molecule has 0 spiro atoms. The van der Waals surface area contributed by atoms with Gasteiger partial charge in [-0.15, -0.1) is 0 Å². The van der Waals surface area contributed by atoms with Crippen LogP contribution in [-0.2, 0) is 0 Å². The number of pyridine rings is 1. The van der Waals surface area contributed by atoms with Crippen LogP contribution in [0.2, 0.25) is 0 Å². The highest BCUT2D eigenvalue weighted by molar-refractivity contribution is 5.95. The van der Waals surface area contributed by atoms with Gasteiger partial charge in [0.05, 0.1) is 5.69 Å². The Labute approximate surface area is 119 Å². The number of rotatable bonds is 2. The summed E-state index contributed by atoms with van der Waals surface area (Å²) in [4.78, 5) is 15.4. The summed E-state index contributed by atoms with van der Waals surface area (Å²) in [6.45, 7) is 0. The van der Waals surface area contributed by atoms with Crippen molar-refractivity contribution in [1.29, 1.82) is 0 Å². The lowest BCUT2D eigenvalue weighted by molar-refractivity contribution is 0.248. The zero-order valence-corrected chi connectivity index (χ0v) is 10.8. The third kappa shape index (κ3) is 2.38. The van der Waals surface area contributed by atoms with E-state index >= 15 is 0 Å². The van der Waals surface area contributed by atoms with Crippen LogP contribution in [0.5, 0.6) is 0 Å². The Morgan fingerprint density at radius 1 is 1.38 bits per heavy atom. The molecule has 0 aliphatic rings. The van der Waals surface area contributed by atoms with Gasteiger partial charge in [0.25, 0.3) is 0 Å². The summed E-state index contributed by atoms with van der Waals surface area (Å²) in [5.41, 5.74) is 6.56. The second kappa shape index (κ2) is 5.16. The van der Waals surface area contributed by atoms with E-state index in [4.69, 9.17) is 5.73 Å². The van der Waals surface area contributed by atoms with Crippen molar-refractivity contribution in [3.05, 3.63) is 59.8 Å². The molecule has 1 radical (unpaired) electrons. The Bertz CT molecular complexity index is 840. The molecule has 1 aromatic carbocycles. The second-order valence-corrected chi connectivity index (χ2v) is 4.32. The van der Waals surface area contributed by atoms with Gasteiger partial charge in [0.1, 0.15) is 11.3 Å². The molecule has 0 saturated carbocycles. The van der Waals surface area contributed by atoms with Crippen LogP contribution in [0, 0.1) is 11.9 Å². The molecule has 3 rings (SSSR count). The van der Waals surface area contributed by atoms with Crippen LogP contribution >= 0.6 is 0 Å². The fourth-order valence-corrected chi connectivity index (χ4v) is 2.02. The summed E-state index contributed by atoms with van der Waals surface area (Å²) >= 11 is 0. The van der Waals surface area contributed by atoms with Gasteiger partial charge in [0.15, 0.2) is 0 Å². The van der Waals surface area contributed by atoms with Crippen molar-refractivity contribution < 1.29 is 9.18 Å². The Balaban J connectivity index is 2.13. The van der Waals surface area contributed by atoms with Crippen LogP contribution < -0.4 is 5.73 Å². The van der Waals surface area contributed by atoms with E-state index in [0.29, 0.717) is 11.1 Å². The molecule has 0 aliphatic heterocycles. The van der Waals surface area contributed by atoms with Gasteiger partial charge in [-0.25, -0.2) is 9.18 Å². The number of aromatic nitrogens is 3. The van der Waals surface area contributed by atoms with Crippen molar-refractivity contribution >= 4 is 29.1 Å². The first-order valence-corrected chi connectivity index (χ1v) is 6.13. The first-order valence-electron chi connectivity index (χ1n) is 6.13. The van der Waals surface area contributed by atoms with Crippen molar-refractivity contribution in [3.8, 4) is 0 Å². The Morgan fingerprint density at radius 3 is 2.95 bits per heavy atom. The minimum Gasteiger partial charge on any atom is -0.350 e. The maximum absolute atomic E-state index is 13.8. The third-order valence-electron chi connectivity index (χ3n) is 2.94. The maximum atomic E-state index is 13.8. The van der Waals surface area contributed by atoms with Crippen LogP contribution in [0.25, 0.3) is 23.1 Å². The van der Waals surface area contributed by atoms with Crippen LogP contribution in [0.3, 0.4) is 0 Å². The van der Waals surface area contributed by atoms with E-state index in [1.807, 2.05) is 6.07 Å². The topological polar surface area (TPSA) is 73.8 Å². The molecule has 0 unspecified atom stereocenters. The van der Waals surface area contributed by atoms with Crippen LogP contribution in [0.4, 0.5) is 9.18 Å². The number of carbonyl (C=O) groups is 1. The predicted octanol–water partition coefficient (Wildman–Crippen LogP) is 2.47. The maximum Gasteiger partial charge on any atom is 0.340 e. The van der Waals surface area contributed by atoms with Gasteiger partial charge in [-0.05, 0) is 35.9 Å². The number of benzene rings is 1. The molecule has 0 aliphatic carbocycles. The highest BCUT2D eigenvalue weighted by Gasteiger charge is 2.15. The van der Waals surface area contributed by atoms with E-state index < -0.39 is 11.8 Å². The second-order valence-electron chi connectivity index (χ2n) is 4.32. The Hall–Kier alpha value is -3.02. The highest BCUT2D eigenvalue weighted by Crippen LogP contribution is 2.22. The van der Waals surface area contributed by atoms with Gasteiger partial charge < -0.3 is 5.73 Å². The molecular formula is C15H10FN4O. The summed E-state index contributed by atoms with van der Waals surface area (Å²) in [5, 5.41) is 4.51. The van der Waals surface area contributed by atoms with E-state index in [2.05, 4.69) is 16.1 Å². The Morgan fingerprint density at radius 2 is 2.24 bits per heavy atom. The number of nitrogens with zero attached hydrogens (tertiary/aromatic N) is 3. The van der Waals surface area contributed by atoms with E-state index in [1.165, 1.54) is 0 Å². The first kappa shape index (κ1) is 13.0. The molecule has 103 valence electrons. The molecule has 21 heavy (non-hydrogen) atoms. The fourth-order valence-electron chi connectivity index (χ4n) is 2.02. The SMILES string of the molecule is NC(=O)n1nc(C=Cc2cccnc2)c2c[c]cc(F)c21. The summed E-state index contributed by atoms with van der Waals surface area (Å²) in [7, 11) is 0. The average Bonchev–Trinajstić information content (AvgIpc) is 2.87. The van der Waals surface area contributed by atoms with Gasteiger partial charge in [-0.3, -0.25) is 4.98 Å². The van der Waals surface area contributed by atoms with Crippen LogP contribution in [0.1, 0.15) is 11.3 Å². The highest BCUT2D eigenvalue weighted by atomic mass is 19.1. The van der Waals surface area contributed by atoms with E-state index in [1.54, 1.807) is 36.7 Å². The molecule has 0 bridgehead atoms. The number of halogens is 1. The van der Waals surface area contributed by atoms with E-state index in [-0.39, 0.29) is 5.52 Å². The molecule has 2 heterocycles. The largest absolute Gasteiger partial charge is 0.350 e. The van der Waals surface area contributed by atoms with Gasteiger partial charge in [-0.1, -0.05) is 12.1 Å². The molecule has 6 heteroatoms. The molecule has 1 amide bonds. The lowest BCUT2D eigenvalue weighted by Crippen LogP contribution is -2.21. The molecule has 3 aromatic rings. The number of carbonyl (C=O) groups excluding carboxylic acids is 1. The lowest BCUT2D eigenvalue weighted by Gasteiger charge is -1.96. The molecule has 0 atom stereocenters. The van der Waals surface area contributed by atoms with Crippen molar-refractivity contribution in [2.24, 2.45) is 5.73 Å². The van der Waals surface area contributed by atoms with E-state index in [9.17, 15) is 9.18 Å². The van der Waals surface area contributed by atoms with E-state index in [0.717, 1.165) is 16.3 Å². The summed E-state index contributed by atoms with van der Waals surface area (Å²) < 4.78 is 14.7. The molecule has 2 N–H and O–H groups in total. The molecule has 2 aromatic heterocycles. The quantitative estimate of drug-likeness (QED) is 0.784. The number of nitrogens with two attached hydrogens (primary N) is 1. The van der Waals surface area contributed by atoms with Crippen molar-refractivity contribution in [3.63, 3.8) is 0 Å². The zero-order chi connectivity index (χ0) is 14.8. The van der Waals surface area contributed by atoms with Gasteiger partial charge >= 0.3 is 6.03 Å². The van der Waals surface area contributed by atoms with Crippen molar-refractivity contribution in [2.45, 2.75) is 0 Å². The van der Waals surface area contributed by atoms with Crippen molar-refractivity contribution in [1.82, 2.24) is 14.8 Å². The number of hydrogen-bond donors (Lipinski definition) is 1. The Kier molecular flexibility index (Phi) is 3.19. The number of amides is 1. The summed E-state index contributed by atoms with van der Waals surface area (Å²) in [6, 6.07) is 8.19. The fraction of sp³-hybridized carbons (Fsp3) is 0. The summed E-state index contributed by atoms with van der Waals surface area (Å²) in [5.74, 6) is -0.597. The van der Waals surface area contributed by atoms with Gasteiger partial charge in [0, 0.05) is 17.8 Å². The molecule has 0 fully saturated rings. The van der Waals surface area contributed by atoms with Crippen molar-refractivity contribution in [2.75, 3.05) is 0 Å². The predicted molar refractivity (Wildman–Crippen MR) is 76.7 cm³/mol. The average molecular weight is 281 g/mol. The van der Waals surface area contributed by atoms with Gasteiger partial charge in [0.2, 0.25) is 0 Å². The number of fused-ring (bicyclic) bond motifs is 1. The smallest absolute Gasteiger partial charge is 0.340 e. The normalized spacial score (nSPS) is 11.3. The third-order valence-corrected chi connectivity index (χ3v) is 2.94. The molecule has 5 nitrogen and oxygen atoms in total. The zero-order valence-electron chi connectivity index (χ0n) is 10.8. The molecular weight excluding hydrogens is 271 g/mol. The van der Waals surface area contributed by atoms with Crippen LogP contribution in [-0.4, -0.2) is 20.8 Å². The lowest BCUT2D eigenvalue weighted by atomic mass is 10.1. The minimum atomic E-state index is -0.842.